The normalized spacial score (nSPS) is 14.4. The fraction of sp³-hybridized carbons (Fsp3) is 0.217. The largest absolute Gasteiger partial charge is 0.455 e. The average molecular weight is 388 g/mol. The van der Waals surface area contributed by atoms with Crippen molar-refractivity contribution >= 4 is 11.7 Å². The van der Waals surface area contributed by atoms with Crippen LogP contribution < -0.4 is 10.1 Å². The van der Waals surface area contributed by atoms with Crippen LogP contribution in [0.1, 0.15) is 5.69 Å². The minimum absolute atomic E-state index is 0.105. The van der Waals surface area contributed by atoms with Crippen molar-refractivity contribution in [2.45, 2.75) is 6.54 Å². The number of ether oxygens (including phenoxy) is 1. The van der Waals surface area contributed by atoms with Crippen molar-refractivity contribution in [2.75, 3.05) is 31.5 Å². The molecule has 29 heavy (non-hydrogen) atoms. The molecule has 148 valence electrons. The number of para-hydroxylation sites is 3. The summed E-state index contributed by atoms with van der Waals surface area (Å²) in [6.07, 6.45) is 1.81. The van der Waals surface area contributed by atoms with Gasteiger partial charge in [0, 0.05) is 38.9 Å². The quantitative estimate of drug-likeness (QED) is 0.711. The summed E-state index contributed by atoms with van der Waals surface area (Å²) in [5.74, 6) is 1.36. The zero-order valence-electron chi connectivity index (χ0n) is 16.2. The number of carbonyl (C=O) groups is 1. The molecule has 0 unspecified atom stereocenters. The lowest BCUT2D eigenvalue weighted by molar-refractivity contribution is 0.142. The van der Waals surface area contributed by atoms with E-state index in [2.05, 4.69) is 15.2 Å². The van der Waals surface area contributed by atoms with Crippen LogP contribution in [0.2, 0.25) is 0 Å². The highest BCUT2D eigenvalue weighted by Crippen LogP contribution is 2.29. The first kappa shape index (κ1) is 19.0. The molecule has 0 spiro atoms. The van der Waals surface area contributed by atoms with Crippen molar-refractivity contribution < 1.29 is 9.53 Å². The number of nitrogens with zero attached hydrogens (tertiary/aromatic N) is 3. The molecule has 4 rings (SSSR count). The van der Waals surface area contributed by atoms with Crippen LogP contribution in [0.5, 0.6) is 11.5 Å². The van der Waals surface area contributed by atoms with Crippen LogP contribution in [0.25, 0.3) is 0 Å². The van der Waals surface area contributed by atoms with Gasteiger partial charge in [0.15, 0.2) is 5.75 Å². The summed E-state index contributed by atoms with van der Waals surface area (Å²) < 4.78 is 5.93. The Labute approximate surface area is 170 Å². The Balaban J connectivity index is 1.33. The smallest absolute Gasteiger partial charge is 0.322 e. The molecule has 1 aliphatic heterocycles. The topological polar surface area (TPSA) is 57.7 Å². The molecule has 0 saturated carbocycles. The minimum Gasteiger partial charge on any atom is -0.455 e. The van der Waals surface area contributed by atoms with Gasteiger partial charge in [-0.3, -0.25) is 9.88 Å². The summed E-state index contributed by atoms with van der Waals surface area (Å²) in [6, 6.07) is 22.9. The van der Waals surface area contributed by atoms with E-state index in [0.717, 1.165) is 31.1 Å². The maximum absolute atomic E-state index is 12.8. The summed E-state index contributed by atoms with van der Waals surface area (Å²) in [4.78, 5) is 21.3. The second-order valence-corrected chi connectivity index (χ2v) is 6.93. The third kappa shape index (κ3) is 5.12. The Hall–Kier alpha value is -3.38. The molecule has 1 saturated heterocycles. The van der Waals surface area contributed by atoms with E-state index in [1.807, 2.05) is 83.9 Å². The SMILES string of the molecule is O=C(Nc1ccccc1Oc1ccccc1)N1CCN(Cc2ccccn2)CC1. The maximum Gasteiger partial charge on any atom is 0.322 e. The fourth-order valence-corrected chi connectivity index (χ4v) is 3.30. The number of aromatic nitrogens is 1. The number of benzene rings is 2. The van der Waals surface area contributed by atoms with Gasteiger partial charge in [0.25, 0.3) is 0 Å². The molecule has 0 radical (unpaired) electrons. The zero-order chi connectivity index (χ0) is 19.9. The number of pyridine rings is 1. The van der Waals surface area contributed by atoms with Gasteiger partial charge >= 0.3 is 6.03 Å². The first-order valence-electron chi connectivity index (χ1n) is 9.78. The molecule has 2 aromatic carbocycles. The summed E-state index contributed by atoms with van der Waals surface area (Å²) in [6.45, 7) is 3.82. The van der Waals surface area contributed by atoms with E-state index in [9.17, 15) is 4.79 Å². The monoisotopic (exact) mass is 388 g/mol. The maximum atomic E-state index is 12.8. The average Bonchev–Trinajstić information content (AvgIpc) is 2.77. The molecule has 3 aromatic rings. The number of nitrogens with one attached hydrogen (secondary N) is 1. The number of hydrogen-bond donors (Lipinski definition) is 1. The van der Waals surface area contributed by atoms with E-state index in [4.69, 9.17) is 4.74 Å². The van der Waals surface area contributed by atoms with E-state index >= 15 is 0 Å². The van der Waals surface area contributed by atoms with Gasteiger partial charge in [-0.25, -0.2) is 4.79 Å². The van der Waals surface area contributed by atoms with Crippen molar-refractivity contribution in [3.63, 3.8) is 0 Å². The van der Waals surface area contributed by atoms with Gasteiger partial charge in [-0.05, 0) is 36.4 Å². The molecule has 0 bridgehead atoms. The van der Waals surface area contributed by atoms with E-state index in [1.165, 1.54) is 0 Å². The van der Waals surface area contributed by atoms with E-state index in [0.29, 0.717) is 24.5 Å². The number of piperazine rings is 1. The number of anilines is 1. The molecule has 0 aliphatic carbocycles. The van der Waals surface area contributed by atoms with Crippen molar-refractivity contribution in [3.05, 3.63) is 84.7 Å². The second-order valence-electron chi connectivity index (χ2n) is 6.93. The van der Waals surface area contributed by atoms with Crippen molar-refractivity contribution in [1.82, 2.24) is 14.8 Å². The first-order valence-corrected chi connectivity index (χ1v) is 9.78. The molecule has 1 aromatic heterocycles. The summed E-state index contributed by atoms with van der Waals surface area (Å²) in [5, 5.41) is 3.00. The van der Waals surface area contributed by atoms with Gasteiger partial charge in [0.2, 0.25) is 0 Å². The van der Waals surface area contributed by atoms with Crippen LogP contribution in [0.4, 0.5) is 10.5 Å². The minimum atomic E-state index is -0.105. The van der Waals surface area contributed by atoms with E-state index < -0.39 is 0 Å². The van der Waals surface area contributed by atoms with Crippen LogP contribution in [-0.2, 0) is 6.54 Å². The first-order chi connectivity index (χ1) is 14.3. The molecule has 1 aliphatic rings. The predicted octanol–water partition coefficient (Wildman–Crippen LogP) is 4.22. The highest BCUT2D eigenvalue weighted by Gasteiger charge is 2.22. The zero-order valence-corrected chi connectivity index (χ0v) is 16.2. The second kappa shape index (κ2) is 9.21. The van der Waals surface area contributed by atoms with Gasteiger partial charge in [-0.15, -0.1) is 0 Å². The van der Waals surface area contributed by atoms with Gasteiger partial charge in [-0.2, -0.15) is 0 Å². The standard InChI is InChI=1S/C23H24N4O2/c28-23(27-16-14-26(15-17-27)18-19-8-6-7-13-24-19)25-21-11-4-5-12-22(21)29-20-9-2-1-3-10-20/h1-13H,14-18H2,(H,25,28). The number of carbonyl (C=O) groups excluding carboxylic acids is 1. The molecule has 2 heterocycles. The predicted molar refractivity (Wildman–Crippen MR) is 113 cm³/mol. The fourth-order valence-electron chi connectivity index (χ4n) is 3.30. The Morgan fingerprint density at radius 2 is 1.62 bits per heavy atom. The molecular formula is C23H24N4O2. The lowest BCUT2D eigenvalue weighted by Crippen LogP contribution is -2.49. The van der Waals surface area contributed by atoms with Crippen molar-refractivity contribution in [3.8, 4) is 11.5 Å². The molecule has 2 amide bonds. The lowest BCUT2D eigenvalue weighted by atomic mass is 10.2. The van der Waals surface area contributed by atoms with Gasteiger partial charge < -0.3 is 15.0 Å². The van der Waals surface area contributed by atoms with Crippen LogP contribution in [0, 0.1) is 0 Å². The van der Waals surface area contributed by atoms with Crippen LogP contribution in [0.15, 0.2) is 79.0 Å². The van der Waals surface area contributed by atoms with Crippen LogP contribution >= 0.6 is 0 Å². The van der Waals surface area contributed by atoms with Crippen LogP contribution in [-0.4, -0.2) is 47.0 Å². The van der Waals surface area contributed by atoms with Gasteiger partial charge in [0.05, 0.1) is 11.4 Å². The third-order valence-corrected chi connectivity index (χ3v) is 4.87. The van der Waals surface area contributed by atoms with Crippen molar-refractivity contribution in [2.24, 2.45) is 0 Å². The molecule has 6 nitrogen and oxygen atoms in total. The van der Waals surface area contributed by atoms with E-state index in [-0.39, 0.29) is 6.03 Å². The number of rotatable bonds is 5. The third-order valence-electron chi connectivity index (χ3n) is 4.87. The van der Waals surface area contributed by atoms with Crippen LogP contribution in [0.3, 0.4) is 0 Å². The Kier molecular flexibility index (Phi) is 6.02. The summed E-state index contributed by atoms with van der Waals surface area (Å²) in [5.41, 5.74) is 1.72. The molecular weight excluding hydrogens is 364 g/mol. The Bertz CT molecular complexity index is 926. The lowest BCUT2D eigenvalue weighted by Gasteiger charge is -2.34. The number of amides is 2. The van der Waals surface area contributed by atoms with Gasteiger partial charge in [-0.1, -0.05) is 36.4 Å². The molecule has 0 atom stereocenters. The molecule has 1 N–H and O–H groups in total. The number of urea groups is 1. The molecule has 6 heteroatoms. The highest BCUT2D eigenvalue weighted by atomic mass is 16.5. The van der Waals surface area contributed by atoms with Crippen molar-refractivity contribution in [1.29, 1.82) is 0 Å². The Morgan fingerprint density at radius 3 is 2.38 bits per heavy atom. The molecule has 1 fully saturated rings. The summed E-state index contributed by atoms with van der Waals surface area (Å²) in [7, 11) is 0. The number of hydrogen-bond acceptors (Lipinski definition) is 4. The van der Waals surface area contributed by atoms with E-state index in [1.54, 1.807) is 0 Å². The summed E-state index contributed by atoms with van der Waals surface area (Å²) >= 11 is 0. The highest BCUT2D eigenvalue weighted by molar-refractivity contribution is 5.91. The van der Waals surface area contributed by atoms with Gasteiger partial charge in [0.1, 0.15) is 5.75 Å². The Morgan fingerprint density at radius 1 is 0.897 bits per heavy atom.